The highest BCUT2D eigenvalue weighted by atomic mass is 32.2. The van der Waals surface area contributed by atoms with Crippen LogP contribution in [0, 0.1) is 0 Å². The molecule has 1 aromatic rings. The van der Waals surface area contributed by atoms with Crippen LogP contribution in [0.25, 0.3) is 0 Å². The highest BCUT2D eigenvalue weighted by Crippen LogP contribution is 2.11. The lowest BCUT2D eigenvalue weighted by molar-refractivity contribution is -0.121. The van der Waals surface area contributed by atoms with Gasteiger partial charge in [0.2, 0.25) is 15.9 Å². The van der Waals surface area contributed by atoms with Gasteiger partial charge in [-0.1, -0.05) is 30.3 Å². The Bertz CT molecular complexity index is 604. The normalized spacial score (nSPS) is 19.4. The van der Waals surface area contributed by atoms with E-state index in [0.29, 0.717) is 0 Å². The van der Waals surface area contributed by atoms with Crippen LogP contribution in [0.15, 0.2) is 30.3 Å². The second kappa shape index (κ2) is 8.42. The van der Waals surface area contributed by atoms with E-state index in [1.807, 2.05) is 18.2 Å². The van der Waals surface area contributed by atoms with Gasteiger partial charge in [-0.25, -0.2) is 13.1 Å². The largest absolute Gasteiger partial charge is 0.351 e. The van der Waals surface area contributed by atoms with Crippen molar-refractivity contribution in [3.63, 3.8) is 0 Å². The number of nitrogens with one attached hydrogen (secondary N) is 2. The monoisotopic (exact) mass is 339 g/mol. The van der Waals surface area contributed by atoms with Gasteiger partial charge in [-0.05, 0) is 31.4 Å². The van der Waals surface area contributed by atoms with Gasteiger partial charge >= 0.3 is 0 Å². The Balaban J connectivity index is 1.73. The second-order valence-electron chi connectivity index (χ2n) is 6.04. The summed E-state index contributed by atoms with van der Waals surface area (Å²) in [6, 6.07) is 10.4. The zero-order valence-electron chi connectivity index (χ0n) is 13.5. The van der Waals surface area contributed by atoms with E-state index >= 15 is 0 Å². The molecule has 0 saturated carbocycles. The molecule has 1 atom stereocenters. The molecule has 1 aliphatic rings. The van der Waals surface area contributed by atoms with Crippen molar-refractivity contribution in [3.8, 4) is 0 Å². The molecule has 1 aromatic carbocycles. The minimum atomic E-state index is -3.33. The van der Waals surface area contributed by atoms with E-state index in [-0.39, 0.29) is 18.5 Å². The molecule has 128 valence electrons. The molecule has 0 aliphatic carbocycles. The quantitative estimate of drug-likeness (QED) is 0.752. The average Bonchev–Trinajstić information content (AvgIpc) is 2.52. The molecular weight excluding hydrogens is 314 g/mol. The molecule has 1 aliphatic heterocycles. The van der Waals surface area contributed by atoms with Crippen molar-refractivity contribution in [2.45, 2.75) is 25.3 Å². The molecule has 1 saturated heterocycles. The summed E-state index contributed by atoms with van der Waals surface area (Å²) in [5, 5.41) is 2.91. The van der Waals surface area contributed by atoms with Gasteiger partial charge in [0.05, 0.1) is 12.8 Å². The number of carbonyl (C=O) groups is 1. The Labute approximate surface area is 138 Å². The predicted molar refractivity (Wildman–Crippen MR) is 90.6 cm³/mol. The van der Waals surface area contributed by atoms with E-state index in [9.17, 15) is 13.2 Å². The van der Waals surface area contributed by atoms with Gasteiger partial charge in [0, 0.05) is 19.1 Å². The Morgan fingerprint density at radius 3 is 2.74 bits per heavy atom. The third-order valence-corrected chi connectivity index (χ3v) is 4.59. The molecular formula is C16H25N3O3S. The average molecular weight is 339 g/mol. The van der Waals surface area contributed by atoms with Crippen molar-refractivity contribution in [1.82, 2.24) is 14.9 Å². The molecule has 1 heterocycles. The van der Waals surface area contributed by atoms with E-state index in [1.165, 1.54) is 5.56 Å². The van der Waals surface area contributed by atoms with Gasteiger partial charge in [0.25, 0.3) is 0 Å². The van der Waals surface area contributed by atoms with Crippen LogP contribution >= 0.6 is 0 Å². The summed E-state index contributed by atoms with van der Waals surface area (Å²) in [7, 11) is -3.33. The van der Waals surface area contributed by atoms with Gasteiger partial charge in [-0.15, -0.1) is 0 Å². The fourth-order valence-corrected chi connectivity index (χ4v) is 3.18. The standard InChI is InChI=1S/C16H25N3O3S/c1-23(21,22)17-12-16(20)18-15-8-5-10-19(13-15)11-9-14-6-3-2-4-7-14/h2-4,6-7,15,17H,5,8-13H2,1H3,(H,18,20)/t15-/m0/s1. The van der Waals surface area contributed by atoms with Crippen molar-refractivity contribution >= 4 is 15.9 Å². The number of carbonyl (C=O) groups excluding carboxylic acids is 1. The first-order valence-electron chi connectivity index (χ1n) is 7.93. The lowest BCUT2D eigenvalue weighted by Crippen LogP contribution is -2.50. The number of nitrogens with zero attached hydrogens (tertiary/aromatic N) is 1. The molecule has 0 unspecified atom stereocenters. The summed E-state index contributed by atoms with van der Waals surface area (Å²) in [6.07, 6.45) is 4.02. The Kier molecular flexibility index (Phi) is 6.56. The number of amides is 1. The fourth-order valence-electron chi connectivity index (χ4n) is 2.78. The number of piperidine rings is 1. The lowest BCUT2D eigenvalue weighted by Gasteiger charge is -2.33. The maximum absolute atomic E-state index is 11.8. The van der Waals surface area contributed by atoms with Crippen molar-refractivity contribution in [2.24, 2.45) is 0 Å². The Morgan fingerprint density at radius 1 is 1.30 bits per heavy atom. The highest BCUT2D eigenvalue weighted by molar-refractivity contribution is 7.88. The van der Waals surface area contributed by atoms with Crippen molar-refractivity contribution in [1.29, 1.82) is 0 Å². The van der Waals surface area contributed by atoms with Crippen LogP contribution in [0.2, 0.25) is 0 Å². The number of hydrogen-bond acceptors (Lipinski definition) is 4. The number of benzene rings is 1. The third-order valence-electron chi connectivity index (χ3n) is 3.93. The maximum atomic E-state index is 11.8. The van der Waals surface area contributed by atoms with Gasteiger partial charge in [-0.2, -0.15) is 0 Å². The molecule has 1 fully saturated rings. The second-order valence-corrected chi connectivity index (χ2v) is 7.87. The Morgan fingerprint density at radius 2 is 2.04 bits per heavy atom. The van der Waals surface area contributed by atoms with Gasteiger partial charge in [0.15, 0.2) is 0 Å². The topological polar surface area (TPSA) is 78.5 Å². The number of sulfonamides is 1. The van der Waals surface area contributed by atoms with Crippen molar-refractivity contribution < 1.29 is 13.2 Å². The number of likely N-dealkylation sites (tertiary alicyclic amines) is 1. The van der Waals surface area contributed by atoms with Crippen molar-refractivity contribution in [2.75, 3.05) is 32.4 Å². The highest BCUT2D eigenvalue weighted by Gasteiger charge is 2.21. The fraction of sp³-hybridized carbons (Fsp3) is 0.562. The van der Waals surface area contributed by atoms with Crippen LogP contribution in [-0.2, 0) is 21.2 Å². The first-order chi connectivity index (χ1) is 10.9. The molecule has 1 amide bonds. The maximum Gasteiger partial charge on any atom is 0.235 e. The molecule has 0 aromatic heterocycles. The summed E-state index contributed by atoms with van der Waals surface area (Å²) in [5.41, 5.74) is 1.32. The molecule has 6 nitrogen and oxygen atoms in total. The molecule has 2 N–H and O–H groups in total. The van der Waals surface area contributed by atoms with Crippen LogP contribution in [-0.4, -0.2) is 57.7 Å². The lowest BCUT2D eigenvalue weighted by atomic mass is 10.0. The van der Waals surface area contributed by atoms with Crippen LogP contribution in [0.1, 0.15) is 18.4 Å². The van der Waals surface area contributed by atoms with Crippen LogP contribution in [0.3, 0.4) is 0 Å². The zero-order chi connectivity index (χ0) is 16.7. The summed E-state index contributed by atoms with van der Waals surface area (Å²) >= 11 is 0. The zero-order valence-corrected chi connectivity index (χ0v) is 14.3. The van der Waals surface area contributed by atoms with Crippen molar-refractivity contribution in [3.05, 3.63) is 35.9 Å². The molecule has 0 bridgehead atoms. The van der Waals surface area contributed by atoms with E-state index in [2.05, 4.69) is 27.1 Å². The van der Waals surface area contributed by atoms with Crippen LogP contribution in [0.4, 0.5) is 0 Å². The van der Waals surface area contributed by atoms with E-state index in [1.54, 1.807) is 0 Å². The van der Waals surface area contributed by atoms with Gasteiger partial charge < -0.3 is 10.2 Å². The molecule has 7 heteroatoms. The predicted octanol–water partition coefficient (Wildman–Crippen LogP) is 0.359. The molecule has 0 spiro atoms. The Hall–Kier alpha value is -1.44. The van der Waals surface area contributed by atoms with E-state index in [4.69, 9.17) is 0 Å². The van der Waals surface area contributed by atoms with E-state index in [0.717, 1.165) is 45.2 Å². The minimum absolute atomic E-state index is 0.0911. The molecule has 23 heavy (non-hydrogen) atoms. The summed E-state index contributed by atoms with van der Waals surface area (Å²) in [6.45, 7) is 2.63. The molecule has 2 rings (SSSR count). The smallest absolute Gasteiger partial charge is 0.235 e. The summed E-state index contributed by atoms with van der Waals surface area (Å²) in [5.74, 6) is -0.273. The van der Waals surface area contributed by atoms with E-state index < -0.39 is 10.0 Å². The summed E-state index contributed by atoms with van der Waals surface area (Å²) < 4.78 is 24.2. The van der Waals surface area contributed by atoms with Crippen LogP contribution < -0.4 is 10.0 Å². The first kappa shape index (κ1) is 17.9. The third kappa shape index (κ3) is 7.11. The SMILES string of the molecule is CS(=O)(=O)NCC(=O)N[C@H]1CCCN(CCc2ccccc2)C1. The number of hydrogen-bond donors (Lipinski definition) is 2. The van der Waals surface area contributed by atoms with Gasteiger partial charge in [0.1, 0.15) is 0 Å². The number of rotatable bonds is 7. The van der Waals surface area contributed by atoms with Gasteiger partial charge in [-0.3, -0.25) is 4.79 Å². The van der Waals surface area contributed by atoms with Crippen LogP contribution in [0.5, 0.6) is 0 Å². The molecule has 0 radical (unpaired) electrons. The first-order valence-corrected chi connectivity index (χ1v) is 9.82. The minimum Gasteiger partial charge on any atom is -0.351 e. The summed E-state index contributed by atoms with van der Waals surface area (Å²) in [4.78, 5) is 14.1.